The van der Waals surface area contributed by atoms with Crippen molar-refractivity contribution >= 4 is 11.9 Å². The molecule has 1 aliphatic heterocycles. The molecule has 3 rings (SSSR count). The molecule has 0 spiro atoms. The number of hydrogen-bond acceptors (Lipinski definition) is 6. The summed E-state index contributed by atoms with van der Waals surface area (Å²) in [6.45, 7) is 5.48. The lowest BCUT2D eigenvalue weighted by atomic mass is 10.2. The van der Waals surface area contributed by atoms with Gasteiger partial charge in [0, 0.05) is 31.7 Å². The Morgan fingerprint density at radius 2 is 2.24 bits per heavy atom. The fourth-order valence-corrected chi connectivity index (χ4v) is 3.29. The summed E-state index contributed by atoms with van der Waals surface area (Å²) < 4.78 is 5.46. The van der Waals surface area contributed by atoms with Gasteiger partial charge in [-0.1, -0.05) is 0 Å². The minimum Gasteiger partial charge on any atom is -0.466 e. The van der Waals surface area contributed by atoms with Crippen molar-refractivity contribution in [2.75, 3.05) is 25.9 Å². The van der Waals surface area contributed by atoms with E-state index in [1.807, 2.05) is 25.8 Å². The number of carbonyl (C=O) groups excluding carboxylic acids is 1. The van der Waals surface area contributed by atoms with Crippen LogP contribution in [0.15, 0.2) is 21.3 Å². The van der Waals surface area contributed by atoms with Gasteiger partial charge in [0.1, 0.15) is 11.5 Å². The molecule has 2 aromatic rings. The Labute approximate surface area is 145 Å². The first-order chi connectivity index (χ1) is 11.8. The minimum absolute atomic E-state index is 0.00350. The zero-order valence-electron chi connectivity index (χ0n) is 14.7. The number of nitrogens with one attached hydrogen (secondary N) is 1. The van der Waals surface area contributed by atoms with Gasteiger partial charge in [0.25, 0.3) is 11.5 Å². The fraction of sp³-hybridized carbons (Fsp3) is 0.471. The number of H-pyrrole nitrogens is 1. The molecule has 134 valence electrons. The number of nitrogen functional groups attached to an aromatic ring is 1. The second-order valence-electron chi connectivity index (χ2n) is 6.56. The number of aryl methyl sites for hydroxylation is 2. The van der Waals surface area contributed by atoms with Crippen LogP contribution in [0.5, 0.6) is 0 Å². The van der Waals surface area contributed by atoms with Crippen molar-refractivity contribution in [3.05, 3.63) is 45.3 Å². The summed E-state index contributed by atoms with van der Waals surface area (Å²) >= 11 is 0. The smallest absolute Gasteiger partial charge is 0.257 e. The number of furan rings is 1. The Bertz CT molecular complexity index is 841. The Morgan fingerprint density at radius 1 is 1.48 bits per heavy atom. The van der Waals surface area contributed by atoms with Gasteiger partial charge in [0.2, 0.25) is 5.95 Å². The van der Waals surface area contributed by atoms with Gasteiger partial charge in [-0.05, 0) is 33.4 Å². The highest BCUT2D eigenvalue weighted by atomic mass is 16.3. The van der Waals surface area contributed by atoms with E-state index in [9.17, 15) is 9.59 Å². The van der Waals surface area contributed by atoms with E-state index in [1.54, 1.807) is 6.07 Å². The zero-order valence-corrected chi connectivity index (χ0v) is 14.7. The molecule has 2 aromatic heterocycles. The molecule has 0 saturated carbocycles. The monoisotopic (exact) mass is 345 g/mol. The highest BCUT2D eigenvalue weighted by Crippen LogP contribution is 2.21. The van der Waals surface area contributed by atoms with Gasteiger partial charge >= 0.3 is 0 Å². The van der Waals surface area contributed by atoms with Crippen LogP contribution in [-0.4, -0.2) is 51.9 Å². The van der Waals surface area contributed by atoms with Gasteiger partial charge in [0.05, 0.1) is 11.3 Å². The van der Waals surface area contributed by atoms with Crippen LogP contribution in [-0.2, 0) is 6.54 Å². The summed E-state index contributed by atoms with van der Waals surface area (Å²) in [6.07, 6.45) is 0.872. The molecule has 8 nitrogen and oxygen atoms in total. The number of aromatic nitrogens is 2. The zero-order chi connectivity index (χ0) is 18.1. The predicted octanol–water partition coefficient (Wildman–Crippen LogP) is 0.908. The highest BCUT2D eigenvalue weighted by molar-refractivity contribution is 5.95. The molecule has 0 unspecified atom stereocenters. The van der Waals surface area contributed by atoms with E-state index in [-0.39, 0.29) is 23.5 Å². The molecule has 1 aliphatic rings. The van der Waals surface area contributed by atoms with E-state index in [4.69, 9.17) is 10.2 Å². The number of nitrogens with two attached hydrogens (primary N) is 1. The van der Waals surface area contributed by atoms with Crippen molar-refractivity contribution < 1.29 is 9.21 Å². The third kappa shape index (κ3) is 3.74. The van der Waals surface area contributed by atoms with E-state index in [0.29, 0.717) is 36.7 Å². The van der Waals surface area contributed by atoms with E-state index >= 15 is 0 Å². The van der Waals surface area contributed by atoms with Crippen molar-refractivity contribution in [2.24, 2.45) is 0 Å². The van der Waals surface area contributed by atoms with Crippen molar-refractivity contribution in [1.82, 2.24) is 19.8 Å². The summed E-state index contributed by atoms with van der Waals surface area (Å²) in [5.41, 5.74) is 6.57. The third-order valence-electron chi connectivity index (χ3n) is 4.57. The summed E-state index contributed by atoms with van der Waals surface area (Å²) in [5, 5.41) is 0. The van der Waals surface area contributed by atoms with Gasteiger partial charge < -0.3 is 15.1 Å². The summed E-state index contributed by atoms with van der Waals surface area (Å²) in [5.74, 6) is 1.52. The lowest BCUT2D eigenvalue weighted by Gasteiger charge is -2.24. The quantitative estimate of drug-likeness (QED) is 0.852. The molecule has 0 aromatic carbocycles. The maximum Gasteiger partial charge on any atom is 0.257 e. The average molecular weight is 345 g/mol. The van der Waals surface area contributed by atoms with Crippen LogP contribution in [0.3, 0.4) is 0 Å². The molecule has 0 aliphatic carbocycles. The predicted molar refractivity (Wildman–Crippen MR) is 93.2 cm³/mol. The second-order valence-corrected chi connectivity index (χ2v) is 6.56. The van der Waals surface area contributed by atoms with E-state index in [2.05, 4.69) is 14.9 Å². The van der Waals surface area contributed by atoms with Gasteiger partial charge in [-0.2, -0.15) is 0 Å². The minimum atomic E-state index is -0.259. The van der Waals surface area contributed by atoms with Crippen molar-refractivity contribution in [3.63, 3.8) is 0 Å². The lowest BCUT2D eigenvalue weighted by Crippen LogP contribution is -2.36. The molecule has 1 atom stereocenters. The van der Waals surface area contributed by atoms with Crippen LogP contribution in [0, 0.1) is 13.8 Å². The molecule has 8 heteroatoms. The Morgan fingerprint density at radius 3 is 2.88 bits per heavy atom. The SMILES string of the molecule is Cc1cc(C(=O)N2CC[C@H](N(C)Cc3cc(=O)[nH]c(N)n3)C2)c(C)o1. The Kier molecular flexibility index (Phi) is 4.63. The van der Waals surface area contributed by atoms with Crippen LogP contribution < -0.4 is 11.3 Å². The molecule has 1 fully saturated rings. The molecule has 1 amide bonds. The van der Waals surface area contributed by atoms with Crippen LogP contribution in [0.1, 0.15) is 34.0 Å². The van der Waals surface area contributed by atoms with Gasteiger partial charge in [0.15, 0.2) is 0 Å². The Balaban J connectivity index is 1.64. The second kappa shape index (κ2) is 6.72. The molecule has 3 heterocycles. The first kappa shape index (κ1) is 17.2. The molecule has 3 N–H and O–H groups in total. The van der Waals surface area contributed by atoms with Crippen LogP contribution in [0.2, 0.25) is 0 Å². The number of nitrogens with zero attached hydrogens (tertiary/aromatic N) is 3. The molecule has 0 radical (unpaired) electrons. The normalized spacial score (nSPS) is 17.4. The molecular weight excluding hydrogens is 322 g/mol. The number of rotatable bonds is 4. The summed E-state index contributed by atoms with van der Waals surface area (Å²) in [7, 11) is 1.96. The van der Waals surface area contributed by atoms with Gasteiger partial charge in [-0.25, -0.2) is 4.98 Å². The number of carbonyl (C=O) groups is 1. The first-order valence-electron chi connectivity index (χ1n) is 8.25. The van der Waals surface area contributed by atoms with E-state index in [0.717, 1.165) is 12.2 Å². The number of aromatic amines is 1. The average Bonchev–Trinajstić information content (AvgIpc) is 3.12. The number of anilines is 1. The summed E-state index contributed by atoms with van der Waals surface area (Å²) in [6, 6.07) is 3.44. The van der Waals surface area contributed by atoms with Crippen LogP contribution in [0.4, 0.5) is 5.95 Å². The van der Waals surface area contributed by atoms with Gasteiger partial charge in [-0.3, -0.25) is 19.5 Å². The fourth-order valence-electron chi connectivity index (χ4n) is 3.29. The summed E-state index contributed by atoms with van der Waals surface area (Å²) in [4.78, 5) is 34.7. The van der Waals surface area contributed by atoms with Crippen LogP contribution >= 0.6 is 0 Å². The largest absolute Gasteiger partial charge is 0.466 e. The molecule has 25 heavy (non-hydrogen) atoms. The standard InChI is InChI=1S/C17H23N5O3/c1-10-6-14(11(2)25-10)16(24)22-5-4-13(9-22)21(3)8-12-7-15(23)20-17(18)19-12/h6-7,13H,4-5,8-9H2,1-3H3,(H3,18,19,20,23)/t13-/m0/s1. The number of likely N-dealkylation sites (tertiary alicyclic amines) is 1. The maximum absolute atomic E-state index is 12.7. The Hall–Kier alpha value is -2.61. The topological polar surface area (TPSA) is 108 Å². The third-order valence-corrected chi connectivity index (χ3v) is 4.57. The van der Waals surface area contributed by atoms with Crippen LogP contribution in [0.25, 0.3) is 0 Å². The number of amides is 1. The van der Waals surface area contributed by atoms with Crippen molar-refractivity contribution in [2.45, 2.75) is 32.9 Å². The molecule has 0 bridgehead atoms. The lowest BCUT2D eigenvalue weighted by molar-refractivity contribution is 0.0777. The maximum atomic E-state index is 12.7. The van der Waals surface area contributed by atoms with Crippen molar-refractivity contribution in [1.29, 1.82) is 0 Å². The van der Waals surface area contributed by atoms with Crippen molar-refractivity contribution in [3.8, 4) is 0 Å². The number of hydrogen-bond donors (Lipinski definition) is 2. The molecule has 1 saturated heterocycles. The first-order valence-corrected chi connectivity index (χ1v) is 8.25. The van der Waals surface area contributed by atoms with E-state index in [1.165, 1.54) is 6.07 Å². The number of likely N-dealkylation sites (N-methyl/N-ethyl adjacent to an activating group) is 1. The van der Waals surface area contributed by atoms with E-state index < -0.39 is 0 Å². The molecular formula is C17H23N5O3. The highest BCUT2D eigenvalue weighted by Gasteiger charge is 2.31. The van der Waals surface area contributed by atoms with Gasteiger partial charge in [-0.15, -0.1) is 0 Å².